The van der Waals surface area contributed by atoms with Crippen LogP contribution >= 0.6 is 11.3 Å². The van der Waals surface area contributed by atoms with Gasteiger partial charge in [-0.05, 0) is 37.8 Å². The van der Waals surface area contributed by atoms with E-state index >= 15 is 0 Å². The number of hydroxylamine groups is 2. The number of Topliss-reactive ketones (excluding diaryl/α,β-unsaturated/α-hetero) is 1. The van der Waals surface area contributed by atoms with Gasteiger partial charge in [-0.1, -0.05) is 19.0 Å². The summed E-state index contributed by atoms with van der Waals surface area (Å²) in [6.07, 6.45) is 1.39. The van der Waals surface area contributed by atoms with E-state index in [1.165, 1.54) is 6.20 Å². The lowest BCUT2D eigenvalue weighted by atomic mass is 9.66. The molecule has 1 fully saturated rings. The van der Waals surface area contributed by atoms with E-state index in [0.29, 0.717) is 16.5 Å². The van der Waals surface area contributed by atoms with Crippen molar-refractivity contribution < 1.29 is 36.4 Å². The number of pyridine rings is 1. The molecule has 3 rings (SSSR count). The lowest BCUT2D eigenvalue weighted by Gasteiger charge is -2.54. The molecule has 1 aliphatic rings. The number of aromatic nitrogens is 2. The zero-order chi connectivity index (χ0) is 29.8. The highest BCUT2D eigenvalue weighted by molar-refractivity contribution is 7.80. The normalized spacial score (nSPS) is 18.5. The van der Waals surface area contributed by atoms with E-state index in [9.17, 15) is 18.0 Å². The molecule has 0 saturated carbocycles. The molecule has 40 heavy (non-hydrogen) atoms. The minimum Gasteiger partial charge on any atom is -0.488 e. The van der Waals surface area contributed by atoms with Crippen molar-refractivity contribution in [2.75, 3.05) is 18.9 Å². The lowest BCUT2D eigenvalue weighted by molar-refractivity contribution is -0.236. The SMILES string of the molecule is CC(CC(=O)C(=NOCCOc1ccc(C(=N)N)nc1)c1csc(N)n1)C(C)C1C(=O)N(OS(=O)(=O)O)C1(C)C. The quantitative estimate of drug-likeness (QED) is 0.0604. The summed E-state index contributed by atoms with van der Waals surface area (Å²) >= 11 is 1.13. The van der Waals surface area contributed by atoms with Crippen LogP contribution in [0.3, 0.4) is 0 Å². The molecule has 15 nitrogen and oxygen atoms in total. The fourth-order valence-corrected chi connectivity index (χ4v) is 5.34. The Bertz CT molecular complexity index is 1390. The minimum atomic E-state index is -4.87. The van der Waals surface area contributed by atoms with Crippen LogP contribution in [0.4, 0.5) is 5.13 Å². The number of hydrogen-bond acceptors (Lipinski definition) is 13. The molecule has 0 radical (unpaired) electrons. The molecular formula is C23H31N7O8S2. The van der Waals surface area contributed by atoms with Crippen LogP contribution in [0.5, 0.6) is 5.75 Å². The second kappa shape index (κ2) is 12.2. The molecule has 1 amide bonds. The van der Waals surface area contributed by atoms with Crippen molar-refractivity contribution in [3.05, 3.63) is 35.1 Å². The van der Waals surface area contributed by atoms with Gasteiger partial charge in [0.25, 0.3) is 5.91 Å². The summed E-state index contributed by atoms with van der Waals surface area (Å²) in [7, 11) is -4.87. The average Bonchev–Trinajstić information content (AvgIpc) is 3.29. The largest absolute Gasteiger partial charge is 0.488 e. The molecular weight excluding hydrogens is 566 g/mol. The van der Waals surface area contributed by atoms with E-state index in [-0.39, 0.29) is 53.8 Å². The first-order valence-corrected chi connectivity index (χ1v) is 14.2. The molecule has 1 aliphatic heterocycles. The van der Waals surface area contributed by atoms with Crippen LogP contribution in [0.25, 0.3) is 0 Å². The number of ketones is 1. The maximum absolute atomic E-state index is 13.3. The number of oxime groups is 1. The topological polar surface area (TPSA) is 233 Å². The van der Waals surface area contributed by atoms with Crippen LogP contribution in [0.2, 0.25) is 0 Å². The number of amidine groups is 1. The van der Waals surface area contributed by atoms with Gasteiger partial charge in [-0.15, -0.1) is 15.6 Å². The van der Waals surface area contributed by atoms with Crippen molar-refractivity contribution in [2.45, 2.75) is 39.7 Å². The van der Waals surface area contributed by atoms with Crippen molar-refractivity contribution in [1.82, 2.24) is 15.0 Å². The molecule has 3 atom stereocenters. The Balaban J connectivity index is 1.63. The zero-order valence-electron chi connectivity index (χ0n) is 22.2. The Labute approximate surface area is 234 Å². The molecule has 6 N–H and O–H groups in total. The fourth-order valence-electron chi connectivity index (χ4n) is 4.34. The fraction of sp³-hybridized carbons (Fsp3) is 0.478. The number of rotatable bonds is 14. The predicted molar refractivity (Wildman–Crippen MR) is 145 cm³/mol. The van der Waals surface area contributed by atoms with Gasteiger partial charge in [-0.2, -0.15) is 13.5 Å². The predicted octanol–water partition coefficient (Wildman–Crippen LogP) is 1.41. The van der Waals surface area contributed by atoms with E-state index in [1.807, 2.05) is 0 Å². The smallest absolute Gasteiger partial charge is 0.418 e. The maximum Gasteiger partial charge on any atom is 0.418 e. The van der Waals surface area contributed by atoms with Crippen molar-refractivity contribution in [3.8, 4) is 5.75 Å². The van der Waals surface area contributed by atoms with E-state index in [0.717, 1.165) is 11.3 Å². The Kier molecular flexibility index (Phi) is 9.44. The first kappa shape index (κ1) is 30.9. The number of carbonyl (C=O) groups excluding carboxylic acids is 2. The van der Waals surface area contributed by atoms with Crippen molar-refractivity contribution in [2.24, 2.45) is 28.6 Å². The van der Waals surface area contributed by atoms with Crippen LogP contribution in [-0.2, 0) is 29.1 Å². The highest BCUT2D eigenvalue weighted by Gasteiger charge is 2.59. The molecule has 0 spiro atoms. The van der Waals surface area contributed by atoms with E-state index in [2.05, 4.69) is 19.4 Å². The molecule has 3 heterocycles. The number of nitrogens with one attached hydrogen (secondary N) is 1. The molecule has 2 aromatic heterocycles. The van der Waals surface area contributed by atoms with Crippen molar-refractivity contribution in [1.29, 1.82) is 5.41 Å². The van der Waals surface area contributed by atoms with Gasteiger partial charge in [0.05, 0.1) is 17.7 Å². The number of ether oxygens (including phenoxy) is 1. The first-order chi connectivity index (χ1) is 18.6. The summed E-state index contributed by atoms with van der Waals surface area (Å²) in [5.41, 5.74) is 10.6. The molecule has 0 aromatic carbocycles. The molecule has 0 bridgehead atoms. The Hall–Kier alpha value is -3.67. The third kappa shape index (κ3) is 7.29. The number of nitrogens with zero attached hydrogens (tertiary/aromatic N) is 4. The molecule has 17 heteroatoms. The maximum atomic E-state index is 13.3. The van der Waals surface area contributed by atoms with Crippen LogP contribution in [0, 0.1) is 23.2 Å². The summed E-state index contributed by atoms with van der Waals surface area (Å²) in [5.74, 6) is -2.13. The Morgan fingerprint density at radius 3 is 2.52 bits per heavy atom. The second-order valence-electron chi connectivity index (χ2n) is 9.72. The highest BCUT2D eigenvalue weighted by Crippen LogP contribution is 2.45. The summed E-state index contributed by atoms with van der Waals surface area (Å²) < 4.78 is 41.1. The molecule has 3 unspecified atom stereocenters. The zero-order valence-corrected chi connectivity index (χ0v) is 23.9. The number of nitrogens with two attached hydrogens (primary N) is 2. The van der Waals surface area contributed by atoms with E-state index < -0.39 is 33.5 Å². The van der Waals surface area contributed by atoms with Gasteiger partial charge in [0, 0.05) is 11.8 Å². The molecule has 2 aromatic rings. The van der Waals surface area contributed by atoms with Crippen LogP contribution in [-0.4, -0.2) is 70.0 Å². The van der Waals surface area contributed by atoms with Gasteiger partial charge in [0.15, 0.2) is 23.2 Å². The summed E-state index contributed by atoms with van der Waals surface area (Å²) in [4.78, 5) is 39.4. The number of hydrogen-bond donors (Lipinski definition) is 4. The minimum absolute atomic E-state index is 0.00875. The third-order valence-electron chi connectivity index (χ3n) is 6.49. The van der Waals surface area contributed by atoms with Gasteiger partial charge in [-0.25, -0.2) is 9.97 Å². The van der Waals surface area contributed by atoms with Gasteiger partial charge in [0.2, 0.25) is 0 Å². The molecule has 1 saturated heterocycles. The Morgan fingerprint density at radius 1 is 1.30 bits per heavy atom. The number of carbonyl (C=O) groups is 2. The van der Waals surface area contributed by atoms with E-state index in [4.69, 9.17) is 31.0 Å². The van der Waals surface area contributed by atoms with Crippen LogP contribution in [0.1, 0.15) is 45.5 Å². The number of nitrogen functional groups attached to an aromatic ring is 2. The van der Waals surface area contributed by atoms with Gasteiger partial charge in [-0.3, -0.25) is 19.6 Å². The van der Waals surface area contributed by atoms with Crippen molar-refractivity contribution in [3.63, 3.8) is 0 Å². The monoisotopic (exact) mass is 597 g/mol. The Morgan fingerprint density at radius 2 is 2.00 bits per heavy atom. The molecule has 218 valence electrons. The summed E-state index contributed by atoms with van der Waals surface area (Å²) in [6.45, 7) is 6.83. The second-order valence-corrected chi connectivity index (χ2v) is 11.6. The standard InChI is InChI=1S/C23H31N7O8S2/c1-12(13(2)18-21(32)30(23(18,3)4)38-40(33,34)35)9-17(31)19(16-11-39-22(26)28-16)29-37-8-7-36-14-5-6-15(20(24)25)27-10-14/h5-6,10-13,18H,7-9H2,1-4H3,(H3,24,25)(H2,26,28)(H,33,34,35). The molecule has 0 aliphatic carbocycles. The number of thiazole rings is 1. The number of amides is 1. The number of anilines is 1. The summed E-state index contributed by atoms with van der Waals surface area (Å²) in [6, 6.07) is 3.14. The van der Waals surface area contributed by atoms with Gasteiger partial charge < -0.3 is 21.0 Å². The lowest BCUT2D eigenvalue weighted by Crippen LogP contribution is -2.70. The van der Waals surface area contributed by atoms with Crippen molar-refractivity contribution >= 4 is 50.1 Å². The number of β-lactam (4-membered cyclic amide) rings is 1. The highest BCUT2D eigenvalue weighted by atomic mass is 32.3. The first-order valence-electron chi connectivity index (χ1n) is 12.0. The van der Waals surface area contributed by atoms with Crippen LogP contribution in [0.15, 0.2) is 28.9 Å². The third-order valence-corrected chi connectivity index (χ3v) is 7.50. The van der Waals surface area contributed by atoms with E-state index in [1.54, 1.807) is 45.2 Å². The van der Waals surface area contributed by atoms with Gasteiger partial charge in [0.1, 0.15) is 29.6 Å². The average molecular weight is 598 g/mol. The van der Waals surface area contributed by atoms with Crippen LogP contribution < -0.4 is 16.2 Å². The summed E-state index contributed by atoms with van der Waals surface area (Å²) in [5, 5.41) is 13.8. The van der Waals surface area contributed by atoms with Gasteiger partial charge >= 0.3 is 10.4 Å².